The predicted molar refractivity (Wildman–Crippen MR) is 109 cm³/mol. The molecule has 0 heterocycles. The van der Waals surface area contributed by atoms with Crippen LogP contribution < -0.4 is 15.8 Å². The summed E-state index contributed by atoms with van der Waals surface area (Å²) in [6, 6.07) is 7.06. The molecule has 5 aliphatic rings. The van der Waals surface area contributed by atoms with Gasteiger partial charge in [0.05, 0.1) is 16.7 Å². The third-order valence-electron chi connectivity index (χ3n) is 7.58. The van der Waals surface area contributed by atoms with Crippen LogP contribution >= 0.6 is 0 Å². The van der Waals surface area contributed by atoms with E-state index in [0.717, 1.165) is 32.1 Å². The molecule has 3 amide bonds. The van der Waals surface area contributed by atoms with Crippen molar-refractivity contribution >= 4 is 23.4 Å². The second-order valence-electron chi connectivity index (χ2n) is 9.79. The van der Waals surface area contributed by atoms with Crippen molar-refractivity contribution < 1.29 is 14.4 Å². The second-order valence-corrected chi connectivity index (χ2v) is 9.79. The van der Waals surface area contributed by atoms with Gasteiger partial charge in [-0.3, -0.25) is 25.2 Å². The van der Waals surface area contributed by atoms with Gasteiger partial charge in [-0.1, -0.05) is 12.1 Å². The van der Waals surface area contributed by atoms with Crippen molar-refractivity contribution in [3.8, 4) is 0 Å². The van der Waals surface area contributed by atoms with E-state index in [-0.39, 0.29) is 29.1 Å². The highest BCUT2D eigenvalue weighted by molar-refractivity contribution is 6.05. The number of benzene rings is 1. The molecule has 0 atom stereocenters. The number of hydrogen-bond acceptors (Lipinski definition) is 3. The largest absolute Gasteiger partial charge is 0.314 e. The Morgan fingerprint density at radius 1 is 0.931 bits per heavy atom. The molecule has 6 heteroatoms. The standard InChI is InChI=1S/C23H29N3O3/c1-26(21(28)17-6-7-17)19-5-3-2-4-18(19)20(27)24-25-22(29)23-11-14-8-15(12-23)10-16(9-14)13-23/h2-5,14-17H,6-13H2,1H3,(H,24,27)(H,25,29). The Hall–Kier alpha value is -2.37. The molecule has 0 unspecified atom stereocenters. The number of hydrogen-bond donors (Lipinski definition) is 2. The number of carbonyl (C=O) groups is 3. The Kier molecular flexibility index (Phi) is 4.41. The highest BCUT2D eigenvalue weighted by Gasteiger charge is 2.54. The molecule has 2 N–H and O–H groups in total. The third kappa shape index (κ3) is 3.32. The maximum atomic E-state index is 13.1. The molecular formula is C23H29N3O3. The molecule has 0 aliphatic heterocycles. The van der Waals surface area contributed by atoms with Gasteiger partial charge in [-0.2, -0.15) is 0 Å². The van der Waals surface area contributed by atoms with Gasteiger partial charge in [-0.15, -0.1) is 0 Å². The predicted octanol–water partition coefficient (Wildman–Crippen LogP) is 3.04. The molecule has 0 radical (unpaired) electrons. The van der Waals surface area contributed by atoms with Crippen LogP contribution in [0.3, 0.4) is 0 Å². The number of nitrogens with zero attached hydrogens (tertiary/aromatic N) is 1. The van der Waals surface area contributed by atoms with Gasteiger partial charge in [0.15, 0.2) is 0 Å². The summed E-state index contributed by atoms with van der Waals surface area (Å²) in [4.78, 5) is 39.9. The molecule has 29 heavy (non-hydrogen) atoms. The van der Waals surface area contributed by atoms with Crippen LogP contribution in [-0.4, -0.2) is 24.8 Å². The SMILES string of the molecule is CN(C(=O)C1CC1)c1ccccc1C(=O)NNC(=O)C12CC3CC(CC(C3)C1)C2. The first-order chi connectivity index (χ1) is 13.9. The van der Waals surface area contributed by atoms with E-state index in [0.29, 0.717) is 29.0 Å². The van der Waals surface area contributed by atoms with Gasteiger partial charge >= 0.3 is 0 Å². The molecule has 4 bridgehead atoms. The number of hydrazine groups is 1. The third-order valence-corrected chi connectivity index (χ3v) is 7.58. The molecule has 1 aromatic rings. The van der Waals surface area contributed by atoms with Crippen molar-refractivity contribution in [3.05, 3.63) is 29.8 Å². The van der Waals surface area contributed by atoms with Crippen LogP contribution in [0.2, 0.25) is 0 Å². The van der Waals surface area contributed by atoms with Crippen molar-refractivity contribution in [2.75, 3.05) is 11.9 Å². The maximum Gasteiger partial charge on any atom is 0.271 e. The van der Waals surface area contributed by atoms with E-state index in [4.69, 9.17) is 0 Å². The Morgan fingerprint density at radius 2 is 1.52 bits per heavy atom. The Labute approximate surface area is 171 Å². The lowest BCUT2D eigenvalue weighted by molar-refractivity contribution is -0.147. The van der Waals surface area contributed by atoms with Gasteiger partial charge in [0.25, 0.3) is 5.91 Å². The van der Waals surface area contributed by atoms with Crippen LogP contribution in [0.4, 0.5) is 5.69 Å². The van der Waals surface area contributed by atoms with Gasteiger partial charge in [0.2, 0.25) is 11.8 Å². The van der Waals surface area contributed by atoms with Crippen molar-refractivity contribution in [2.45, 2.75) is 51.4 Å². The number of carbonyl (C=O) groups excluding carboxylic acids is 3. The Bertz CT molecular complexity index is 825. The van der Waals surface area contributed by atoms with Crippen molar-refractivity contribution in [1.82, 2.24) is 10.9 Å². The average Bonchev–Trinajstić information content (AvgIpc) is 3.55. The van der Waals surface area contributed by atoms with E-state index in [1.54, 1.807) is 30.1 Å². The first kappa shape index (κ1) is 18.6. The molecule has 5 fully saturated rings. The fraction of sp³-hybridized carbons (Fsp3) is 0.609. The van der Waals surface area contributed by atoms with E-state index in [2.05, 4.69) is 10.9 Å². The Balaban J connectivity index is 1.27. The lowest BCUT2D eigenvalue weighted by Gasteiger charge is -2.55. The van der Waals surface area contributed by atoms with E-state index in [1.807, 2.05) is 6.07 Å². The normalized spacial score (nSPS) is 32.0. The first-order valence-corrected chi connectivity index (χ1v) is 10.9. The minimum atomic E-state index is -0.380. The van der Waals surface area contributed by atoms with Crippen LogP contribution in [0.15, 0.2) is 24.3 Å². The summed E-state index contributed by atoms with van der Waals surface area (Å²) in [6.07, 6.45) is 8.51. The number of anilines is 1. The van der Waals surface area contributed by atoms with Crippen molar-refractivity contribution in [2.24, 2.45) is 29.1 Å². The number of nitrogens with one attached hydrogen (secondary N) is 2. The molecule has 1 aromatic carbocycles. The monoisotopic (exact) mass is 395 g/mol. The number of rotatable bonds is 4. The van der Waals surface area contributed by atoms with E-state index >= 15 is 0 Å². The summed E-state index contributed by atoms with van der Waals surface area (Å²) in [6.45, 7) is 0. The zero-order chi connectivity index (χ0) is 20.2. The van der Waals surface area contributed by atoms with Gasteiger partial charge in [0.1, 0.15) is 0 Å². The van der Waals surface area contributed by atoms with Gasteiger partial charge in [-0.25, -0.2) is 0 Å². The molecule has 6 nitrogen and oxygen atoms in total. The fourth-order valence-corrected chi connectivity index (χ4v) is 6.38. The first-order valence-electron chi connectivity index (χ1n) is 10.9. The molecular weight excluding hydrogens is 366 g/mol. The van der Waals surface area contributed by atoms with Gasteiger partial charge < -0.3 is 4.90 Å². The minimum Gasteiger partial charge on any atom is -0.314 e. The molecule has 154 valence electrons. The van der Waals surface area contributed by atoms with Crippen LogP contribution in [0.5, 0.6) is 0 Å². The van der Waals surface area contributed by atoms with Crippen LogP contribution in [-0.2, 0) is 9.59 Å². The second kappa shape index (κ2) is 6.85. The van der Waals surface area contributed by atoms with E-state index < -0.39 is 0 Å². The van der Waals surface area contributed by atoms with Crippen LogP contribution in [0.1, 0.15) is 61.7 Å². The summed E-state index contributed by atoms with van der Waals surface area (Å²) in [5, 5.41) is 0. The van der Waals surface area contributed by atoms with Gasteiger partial charge in [0, 0.05) is 13.0 Å². The summed E-state index contributed by atoms with van der Waals surface area (Å²) >= 11 is 0. The maximum absolute atomic E-state index is 13.1. The van der Waals surface area contributed by atoms with E-state index in [1.165, 1.54) is 19.3 Å². The number of amides is 3. The fourth-order valence-electron chi connectivity index (χ4n) is 6.38. The van der Waals surface area contributed by atoms with Gasteiger partial charge in [-0.05, 0) is 81.3 Å². The van der Waals surface area contributed by atoms with Crippen molar-refractivity contribution in [3.63, 3.8) is 0 Å². The lowest BCUT2D eigenvalue weighted by Crippen LogP contribution is -2.56. The van der Waals surface area contributed by atoms with E-state index in [9.17, 15) is 14.4 Å². The molecule has 6 rings (SSSR count). The van der Waals surface area contributed by atoms with Crippen LogP contribution in [0, 0.1) is 29.1 Å². The smallest absolute Gasteiger partial charge is 0.271 e. The van der Waals surface area contributed by atoms with Crippen molar-refractivity contribution in [1.29, 1.82) is 0 Å². The summed E-state index contributed by atoms with van der Waals surface area (Å²) < 4.78 is 0. The average molecular weight is 396 g/mol. The molecule has 0 aromatic heterocycles. The molecule has 0 spiro atoms. The zero-order valence-electron chi connectivity index (χ0n) is 16.9. The summed E-state index contributed by atoms with van der Waals surface area (Å²) in [5.74, 6) is 1.72. The summed E-state index contributed by atoms with van der Waals surface area (Å²) in [7, 11) is 1.71. The highest BCUT2D eigenvalue weighted by Crippen LogP contribution is 2.60. The highest BCUT2D eigenvalue weighted by atomic mass is 16.2. The molecule has 5 aliphatic carbocycles. The Morgan fingerprint density at radius 3 is 2.10 bits per heavy atom. The van der Waals surface area contributed by atoms with Crippen LogP contribution in [0.25, 0.3) is 0 Å². The lowest BCUT2D eigenvalue weighted by atomic mass is 9.49. The quantitative estimate of drug-likeness (QED) is 0.769. The number of para-hydroxylation sites is 1. The molecule has 5 saturated carbocycles. The summed E-state index contributed by atoms with van der Waals surface area (Å²) in [5.41, 5.74) is 6.02. The zero-order valence-corrected chi connectivity index (χ0v) is 16.9. The minimum absolute atomic E-state index is 0.0372. The topological polar surface area (TPSA) is 78.5 Å². The molecule has 0 saturated heterocycles.